The van der Waals surface area contributed by atoms with Crippen molar-refractivity contribution < 1.29 is 8.78 Å². The van der Waals surface area contributed by atoms with Gasteiger partial charge < -0.3 is 5.73 Å². The minimum atomic E-state index is -2.51. The smallest absolute Gasteiger partial charge is 0.266 e. The Kier molecular flexibility index (Phi) is 2.81. The van der Waals surface area contributed by atoms with E-state index in [4.69, 9.17) is 5.73 Å². The standard InChI is InChI=1S/C7H7F2IN2/c1-3-4(11)2-12-7(10)5(3)6(8)9/h2,6H,11H2,1H3. The third-order valence-electron chi connectivity index (χ3n) is 1.59. The monoisotopic (exact) mass is 284 g/mol. The lowest BCUT2D eigenvalue weighted by Crippen LogP contribution is -2.01. The zero-order valence-corrected chi connectivity index (χ0v) is 8.47. The van der Waals surface area contributed by atoms with Crippen LogP contribution >= 0.6 is 22.6 Å². The van der Waals surface area contributed by atoms with E-state index in [1.165, 1.54) is 6.20 Å². The molecule has 0 aliphatic heterocycles. The predicted molar refractivity (Wildman–Crippen MR) is 51.1 cm³/mol. The van der Waals surface area contributed by atoms with E-state index in [9.17, 15) is 8.78 Å². The van der Waals surface area contributed by atoms with Gasteiger partial charge in [0, 0.05) is 0 Å². The van der Waals surface area contributed by atoms with Gasteiger partial charge in [-0.25, -0.2) is 13.8 Å². The molecule has 0 amide bonds. The second-order valence-corrected chi connectivity index (χ2v) is 3.37. The first-order valence-corrected chi connectivity index (χ1v) is 4.30. The number of nitrogens with two attached hydrogens (primary N) is 1. The van der Waals surface area contributed by atoms with Crippen LogP contribution in [-0.4, -0.2) is 4.98 Å². The first kappa shape index (κ1) is 9.63. The number of alkyl halides is 2. The maximum absolute atomic E-state index is 12.4. The maximum atomic E-state index is 12.4. The molecule has 0 spiro atoms. The minimum absolute atomic E-state index is 0.0596. The van der Waals surface area contributed by atoms with Crippen LogP contribution in [0.25, 0.3) is 0 Å². The SMILES string of the molecule is Cc1c(N)cnc(I)c1C(F)F. The van der Waals surface area contributed by atoms with Crippen molar-refractivity contribution in [3.8, 4) is 0 Å². The van der Waals surface area contributed by atoms with Gasteiger partial charge in [-0.1, -0.05) is 0 Å². The van der Waals surface area contributed by atoms with Crippen LogP contribution in [0.2, 0.25) is 0 Å². The summed E-state index contributed by atoms with van der Waals surface area (Å²) in [6.07, 6.45) is -1.11. The normalized spacial score (nSPS) is 10.8. The number of hydrogen-bond donors (Lipinski definition) is 1. The number of rotatable bonds is 1. The van der Waals surface area contributed by atoms with Gasteiger partial charge >= 0.3 is 0 Å². The fourth-order valence-corrected chi connectivity index (χ4v) is 1.64. The van der Waals surface area contributed by atoms with E-state index in [1.807, 2.05) is 0 Å². The zero-order chi connectivity index (χ0) is 9.30. The summed E-state index contributed by atoms with van der Waals surface area (Å²) in [5, 5.41) is 0. The molecule has 0 aliphatic rings. The molecule has 0 saturated heterocycles. The molecule has 1 aromatic heterocycles. The van der Waals surface area contributed by atoms with Crippen LogP contribution in [0.5, 0.6) is 0 Å². The maximum Gasteiger partial charge on any atom is 0.266 e. The Morgan fingerprint density at radius 1 is 1.58 bits per heavy atom. The van der Waals surface area contributed by atoms with Crippen molar-refractivity contribution in [3.05, 3.63) is 21.0 Å². The van der Waals surface area contributed by atoms with Crippen molar-refractivity contribution in [1.82, 2.24) is 4.98 Å². The summed E-state index contributed by atoms with van der Waals surface area (Å²) in [5.41, 5.74) is 6.10. The molecule has 0 atom stereocenters. The van der Waals surface area contributed by atoms with E-state index >= 15 is 0 Å². The second kappa shape index (κ2) is 3.51. The molecule has 0 radical (unpaired) electrons. The van der Waals surface area contributed by atoms with Gasteiger partial charge in [0.05, 0.1) is 17.4 Å². The van der Waals surface area contributed by atoms with Crippen molar-refractivity contribution in [2.45, 2.75) is 13.3 Å². The molecule has 66 valence electrons. The number of nitrogen functional groups attached to an aromatic ring is 1. The lowest BCUT2D eigenvalue weighted by atomic mass is 10.1. The Hall–Kier alpha value is -0.460. The third kappa shape index (κ3) is 1.65. The van der Waals surface area contributed by atoms with E-state index in [-0.39, 0.29) is 5.56 Å². The fourth-order valence-electron chi connectivity index (χ4n) is 0.857. The van der Waals surface area contributed by atoms with Crippen LogP contribution in [0.4, 0.5) is 14.5 Å². The summed E-state index contributed by atoms with van der Waals surface area (Å²) < 4.78 is 25.1. The molecule has 0 aromatic carbocycles. The van der Waals surface area contributed by atoms with Gasteiger partial charge in [0.1, 0.15) is 3.70 Å². The van der Waals surface area contributed by atoms with Gasteiger partial charge in [0.25, 0.3) is 6.43 Å². The highest BCUT2D eigenvalue weighted by Crippen LogP contribution is 2.28. The average molecular weight is 284 g/mol. The highest BCUT2D eigenvalue weighted by atomic mass is 127. The number of aromatic nitrogens is 1. The summed E-state index contributed by atoms with van der Waals surface area (Å²) in [6, 6.07) is 0. The lowest BCUT2D eigenvalue weighted by Gasteiger charge is -2.08. The van der Waals surface area contributed by atoms with Gasteiger partial charge in [-0.05, 0) is 35.1 Å². The quantitative estimate of drug-likeness (QED) is 0.635. The highest BCUT2D eigenvalue weighted by molar-refractivity contribution is 14.1. The summed E-state index contributed by atoms with van der Waals surface area (Å²) >= 11 is 1.77. The van der Waals surface area contributed by atoms with Crippen LogP contribution in [0.3, 0.4) is 0 Å². The van der Waals surface area contributed by atoms with E-state index in [0.29, 0.717) is 15.0 Å². The summed E-state index contributed by atoms with van der Waals surface area (Å²) in [4.78, 5) is 3.74. The lowest BCUT2D eigenvalue weighted by molar-refractivity contribution is 0.149. The molecular formula is C7H7F2IN2. The van der Waals surface area contributed by atoms with E-state index in [0.717, 1.165) is 0 Å². The molecule has 2 nitrogen and oxygen atoms in total. The number of hydrogen-bond acceptors (Lipinski definition) is 2. The minimum Gasteiger partial charge on any atom is -0.397 e. The molecule has 0 aliphatic carbocycles. The van der Waals surface area contributed by atoms with Crippen molar-refractivity contribution in [2.24, 2.45) is 0 Å². The molecule has 0 fully saturated rings. The van der Waals surface area contributed by atoms with Crippen LogP contribution in [0, 0.1) is 10.6 Å². The Bertz CT molecular complexity index is 302. The number of nitrogens with zero attached hydrogens (tertiary/aromatic N) is 1. The van der Waals surface area contributed by atoms with Gasteiger partial charge in [0.2, 0.25) is 0 Å². The summed E-state index contributed by atoms with van der Waals surface area (Å²) in [6.45, 7) is 1.57. The largest absolute Gasteiger partial charge is 0.397 e. The van der Waals surface area contributed by atoms with Gasteiger partial charge in [0.15, 0.2) is 0 Å². The van der Waals surface area contributed by atoms with Crippen molar-refractivity contribution in [2.75, 3.05) is 5.73 Å². The molecule has 1 rings (SSSR count). The number of anilines is 1. The fraction of sp³-hybridized carbons (Fsp3) is 0.286. The first-order valence-electron chi connectivity index (χ1n) is 3.22. The molecule has 12 heavy (non-hydrogen) atoms. The topological polar surface area (TPSA) is 38.9 Å². The van der Waals surface area contributed by atoms with Gasteiger partial charge in [-0.15, -0.1) is 0 Å². The summed E-state index contributed by atoms with van der Waals surface area (Å²) in [5.74, 6) is 0. The molecule has 1 aromatic rings. The predicted octanol–water partition coefficient (Wildman–Crippen LogP) is 2.51. The van der Waals surface area contributed by atoms with Crippen LogP contribution in [-0.2, 0) is 0 Å². The highest BCUT2D eigenvalue weighted by Gasteiger charge is 2.16. The van der Waals surface area contributed by atoms with Crippen molar-refractivity contribution in [3.63, 3.8) is 0 Å². The van der Waals surface area contributed by atoms with Crippen LogP contribution < -0.4 is 5.73 Å². The van der Waals surface area contributed by atoms with Crippen molar-refractivity contribution >= 4 is 28.3 Å². The van der Waals surface area contributed by atoms with Crippen LogP contribution in [0.15, 0.2) is 6.20 Å². The third-order valence-corrected chi connectivity index (χ3v) is 2.45. The molecule has 1 heterocycles. The van der Waals surface area contributed by atoms with E-state index < -0.39 is 6.43 Å². The number of pyridine rings is 1. The van der Waals surface area contributed by atoms with Crippen LogP contribution in [0.1, 0.15) is 17.6 Å². The molecular weight excluding hydrogens is 277 g/mol. The second-order valence-electron chi connectivity index (χ2n) is 2.34. The first-order chi connectivity index (χ1) is 5.54. The Morgan fingerprint density at radius 3 is 2.58 bits per heavy atom. The molecule has 0 saturated carbocycles. The molecule has 0 bridgehead atoms. The Labute approximate surface area is 82.3 Å². The molecule has 2 N–H and O–H groups in total. The Balaban J connectivity index is 3.33. The van der Waals surface area contributed by atoms with E-state index in [2.05, 4.69) is 4.98 Å². The molecule has 0 unspecified atom stereocenters. The number of halogens is 3. The van der Waals surface area contributed by atoms with Crippen molar-refractivity contribution in [1.29, 1.82) is 0 Å². The Morgan fingerprint density at radius 2 is 2.17 bits per heavy atom. The zero-order valence-electron chi connectivity index (χ0n) is 6.31. The summed E-state index contributed by atoms with van der Waals surface area (Å²) in [7, 11) is 0. The van der Waals surface area contributed by atoms with Gasteiger partial charge in [-0.2, -0.15) is 0 Å². The average Bonchev–Trinajstić information content (AvgIpc) is 1.97. The molecule has 5 heteroatoms. The van der Waals surface area contributed by atoms with Gasteiger partial charge in [-0.3, -0.25) is 0 Å². The van der Waals surface area contributed by atoms with E-state index in [1.54, 1.807) is 29.5 Å².